The van der Waals surface area contributed by atoms with Gasteiger partial charge < -0.3 is 10.2 Å². The Labute approximate surface area is 163 Å². The van der Waals surface area contributed by atoms with Crippen LogP contribution in [0, 0.1) is 17.0 Å². The molecule has 2 aromatic rings. The molecule has 0 bridgehead atoms. The molecule has 0 saturated carbocycles. The standard InChI is InChI=1S/C20H24N4O4/c1-14-10-11-16(17(12-14)24(27)28)21-20(26)19(15-8-6-5-7-9-15)23(4)13-18(25)22(2)3/h5-12,19H,13H2,1-4H3,(H,21,26)/t19-/m0/s1. The first-order valence-corrected chi connectivity index (χ1v) is 8.72. The van der Waals surface area contributed by atoms with Crippen LogP contribution < -0.4 is 5.32 Å². The first kappa shape index (κ1) is 21.0. The molecule has 0 unspecified atom stereocenters. The maximum Gasteiger partial charge on any atom is 0.293 e. The Balaban J connectivity index is 2.35. The highest BCUT2D eigenvalue weighted by atomic mass is 16.6. The van der Waals surface area contributed by atoms with Gasteiger partial charge in [-0.2, -0.15) is 0 Å². The Bertz CT molecular complexity index is 868. The fraction of sp³-hybridized carbons (Fsp3) is 0.300. The van der Waals surface area contributed by atoms with Gasteiger partial charge in [-0.15, -0.1) is 0 Å². The van der Waals surface area contributed by atoms with Gasteiger partial charge in [-0.1, -0.05) is 36.4 Å². The van der Waals surface area contributed by atoms with Crippen molar-refractivity contribution in [2.45, 2.75) is 13.0 Å². The van der Waals surface area contributed by atoms with E-state index in [-0.39, 0.29) is 23.8 Å². The van der Waals surface area contributed by atoms with Crippen molar-refractivity contribution in [2.75, 3.05) is 33.0 Å². The van der Waals surface area contributed by atoms with Crippen LogP contribution in [-0.4, -0.2) is 54.2 Å². The Kier molecular flexibility index (Phi) is 6.84. The number of likely N-dealkylation sites (N-methyl/N-ethyl adjacent to an activating group) is 2. The molecule has 1 N–H and O–H groups in total. The molecule has 2 amide bonds. The summed E-state index contributed by atoms with van der Waals surface area (Å²) in [6.45, 7) is 1.77. The summed E-state index contributed by atoms with van der Waals surface area (Å²) in [5, 5.41) is 14.0. The van der Waals surface area contributed by atoms with Gasteiger partial charge in [0.2, 0.25) is 11.8 Å². The minimum absolute atomic E-state index is 0.0238. The fourth-order valence-electron chi connectivity index (χ4n) is 2.79. The second-order valence-electron chi connectivity index (χ2n) is 6.78. The lowest BCUT2D eigenvalue weighted by Gasteiger charge is -2.28. The van der Waals surface area contributed by atoms with E-state index in [4.69, 9.17) is 0 Å². The number of nitro benzene ring substituents is 1. The highest BCUT2D eigenvalue weighted by Gasteiger charge is 2.28. The highest BCUT2D eigenvalue weighted by molar-refractivity contribution is 5.97. The van der Waals surface area contributed by atoms with Crippen LogP contribution in [-0.2, 0) is 9.59 Å². The molecule has 8 nitrogen and oxygen atoms in total. The minimum Gasteiger partial charge on any atom is -0.348 e. The van der Waals surface area contributed by atoms with Crippen molar-refractivity contribution in [3.8, 4) is 0 Å². The summed E-state index contributed by atoms with van der Waals surface area (Å²) >= 11 is 0. The van der Waals surface area contributed by atoms with Gasteiger partial charge in [0.1, 0.15) is 11.7 Å². The van der Waals surface area contributed by atoms with Gasteiger partial charge in [-0.25, -0.2) is 0 Å². The molecule has 28 heavy (non-hydrogen) atoms. The number of carbonyl (C=O) groups excluding carboxylic acids is 2. The third kappa shape index (κ3) is 5.14. The number of nitrogens with zero attached hydrogens (tertiary/aromatic N) is 3. The summed E-state index contributed by atoms with van der Waals surface area (Å²) in [5.74, 6) is -0.607. The molecule has 0 aromatic heterocycles. The minimum atomic E-state index is -0.786. The molecule has 1 atom stereocenters. The van der Waals surface area contributed by atoms with Gasteiger partial charge >= 0.3 is 0 Å². The Morgan fingerprint density at radius 1 is 1.11 bits per heavy atom. The maximum atomic E-state index is 13.1. The van der Waals surface area contributed by atoms with Crippen LogP contribution in [0.3, 0.4) is 0 Å². The largest absolute Gasteiger partial charge is 0.348 e. The monoisotopic (exact) mass is 384 g/mol. The van der Waals surface area contributed by atoms with Gasteiger partial charge in [0.25, 0.3) is 5.69 Å². The van der Waals surface area contributed by atoms with Crippen molar-refractivity contribution in [2.24, 2.45) is 0 Å². The summed E-state index contributed by atoms with van der Waals surface area (Å²) in [4.78, 5) is 39.1. The SMILES string of the molecule is Cc1ccc(NC(=O)[C@H](c2ccccc2)N(C)CC(=O)N(C)C)c([N+](=O)[O-])c1. The van der Waals surface area contributed by atoms with Crippen LogP contribution in [0.15, 0.2) is 48.5 Å². The number of nitro groups is 1. The van der Waals surface area contributed by atoms with E-state index in [1.807, 2.05) is 6.07 Å². The highest BCUT2D eigenvalue weighted by Crippen LogP contribution is 2.28. The number of rotatable bonds is 7. The zero-order valence-electron chi connectivity index (χ0n) is 16.4. The van der Waals surface area contributed by atoms with Crippen LogP contribution in [0.25, 0.3) is 0 Å². The molecule has 148 valence electrons. The summed E-state index contributed by atoms with van der Waals surface area (Å²) in [6, 6.07) is 12.8. The van der Waals surface area contributed by atoms with Gasteiger partial charge in [-0.05, 0) is 31.2 Å². The molecule has 2 aromatic carbocycles. The van der Waals surface area contributed by atoms with Crippen molar-refractivity contribution in [3.05, 3.63) is 69.8 Å². The number of anilines is 1. The lowest BCUT2D eigenvalue weighted by molar-refractivity contribution is -0.384. The van der Waals surface area contributed by atoms with Crippen molar-refractivity contribution in [1.29, 1.82) is 0 Å². The van der Waals surface area contributed by atoms with E-state index < -0.39 is 16.9 Å². The molecule has 2 rings (SSSR count). The molecule has 0 fully saturated rings. The molecular weight excluding hydrogens is 360 g/mol. The predicted molar refractivity (Wildman–Crippen MR) is 107 cm³/mol. The smallest absolute Gasteiger partial charge is 0.293 e. The summed E-state index contributed by atoms with van der Waals surface area (Å²) in [6.07, 6.45) is 0. The van der Waals surface area contributed by atoms with Crippen molar-refractivity contribution >= 4 is 23.2 Å². The van der Waals surface area contributed by atoms with Gasteiger partial charge in [-0.3, -0.25) is 24.6 Å². The van der Waals surface area contributed by atoms with E-state index >= 15 is 0 Å². The maximum absolute atomic E-state index is 13.1. The van der Waals surface area contributed by atoms with Crippen molar-refractivity contribution < 1.29 is 14.5 Å². The molecule has 0 radical (unpaired) electrons. The fourth-order valence-corrected chi connectivity index (χ4v) is 2.79. The first-order valence-electron chi connectivity index (χ1n) is 8.72. The lowest BCUT2D eigenvalue weighted by Crippen LogP contribution is -2.41. The van der Waals surface area contributed by atoms with Crippen LogP contribution in [0.4, 0.5) is 11.4 Å². The van der Waals surface area contributed by atoms with Crippen molar-refractivity contribution in [3.63, 3.8) is 0 Å². The molecule has 0 aliphatic rings. The topological polar surface area (TPSA) is 95.8 Å². The molecule has 0 saturated heterocycles. The Morgan fingerprint density at radius 2 is 1.75 bits per heavy atom. The van der Waals surface area contributed by atoms with Crippen LogP contribution in [0.1, 0.15) is 17.2 Å². The second-order valence-corrected chi connectivity index (χ2v) is 6.78. The molecule has 8 heteroatoms. The number of carbonyl (C=O) groups is 2. The quantitative estimate of drug-likeness (QED) is 0.585. The zero-order valence-corrected chi connectivity index (χ0v) is 16.4. The van der Waals surface area contributed by atoms with Gasteiger partial charge in [0, 0.05) is 20.2 Å². The number of hydrogen-bond donors (Lipinski definition) is 1. The van der Waals surface area contributed by atoms with Crippen LogP contribution >= 0.6 is 0 Å². The molecule has 0 heterocycles. The lowest BCUT2D eigenvalue weighted by atomic mass is 10.0. The van der Waals surface area contributed by atoms with E-state index in [1.54, 1.807) is 63.3 Å². The molecule has 0 spiro atoms. The van der Waals surface area contributed by atoms with Crippen LogP contribution in [0.5, 0.6) is 0 Å². The molecular formula is C20H24N4O4. The average Bonchev–Trinajstić information content (AvgIpc) is 2.64. The molecule has 0 aliphatic heterocycles. The first-order chi connectivity index (χ1) is 13.2. The van der Waals surface area contributed by atoms with Crippen molar-refractivity contribution in [1.82, 2.24) is 9.80 Å². The van der Waals surface area contributed by atoms with E-state index in [0.29, 0.717) is 5.56 Å². The average molecular weight is 384 g/mol. The van der Waals surface area contributed by atoms with Gasteiger partial charge in [0.05, 0.1) is 11.5 Å². The Hall–Kier alpha value is -3.26. The molecule has 0 aliphatic carbocycles. The summed E-state index contributed by atoms with van der Waals surface area (Å²) in [7, 11) is 4.95. The number of aryl methyl sites for hydroxylation is 1. The number of hydrogen-bond acceptors (Lipinski definition) is 5. The van der Waals surface area contributed by atoms with Gasteiger partial charge in [0.15, 0.2) is 0 Å². The zero-order chi connectivity index (χ0) is 20.8. The van der Waals surface area contributed by atoms with E-state index in [0.717, 1.165) is 5.56 Å². The number of amides is 2. The van der Waals surface area contributed by atoms with E-state index in [9.17, 15) is 19.7 Å². The van der Waals surface area contributed by atoms with E-state index in [2.05, 4.69) is 5.32 Å². The normalized spacial score (nSPS) is 11.8. The predicted octanol–water partition coefficient (Wildman–Crippen LogP) is 2.60. The van der Waals surface area contributed by atoms with Crippen LogP contribution in [0.2, 0.25) is 0 Å². The Morgan fingerprint density at radius 3 is 2.32 bits per heavy atom. The second kappa shape index (κ2) is 9.09. The third-order valence-electron chi connectivity index (χ3n) is 4.30. The summed E-state index contributed by atoms with van der Waals surface area (Å²) in [5.41, 5.74) is 1.35. The summed E-state index contributed by atoms with van der Waals surface area (Å²) < 4.78 is 0. The number of benzene rings is 2. The van der Waals surface area contributed by atoms with E-state index in [1.165, 1.54) is 17.0 Å². The third-order valence-corrected chi connectivity index (χ3v) is 4.30. The number of nitrogens with one attached hydrogen (secondary N) is 1.